The van der Waals surface area contributed by atoms with Crippen LogP contribution < -0.4 is 10.1 Å². The van der Waals surface area contributed by atoms with Crippen LogP contribution >= 0.6 is 0 Å². The lowest BCUT2D eigenvalue weighted by molar-refractivity contribution is 0.387. The summed E-state index contributed by atoms with van der Waals surface area (Å²) in [5, 5.41) is 12.1. The summed E-state index contributed by atoms with van der Waals surface area (Å²) in [5.74, 6) is 0.137. The predicted octanol–water partition coefficient (Wildman–Crippen LogP) is 3.15. The topological polar surface area (TPSA) is 57.9 Å². The second-order valence-corrected chi connectivity index (χ2v) is 3.94. The smallest absolute Gasteiger partial charge is 0.165 e. The summed E-state index contributed by atoms with van der Waals surface area (Å²) >= 11 is 0. The summed E-state index contributed by atoms with van der Waals surface area (Å²) < 4.78 is 18.2. The van der Waals surface area contributed by atoms with Crippen molar-refractivity contribution < 1.29 is 9.13 Å². The normalized spacial score (nSPS) is 9.79. The molecule has 0 radical (unpaired) electrons. The van der Waals surface area contributed by atoms with E-state index in [9.17, 15) is 4.39 Å². The molecular formula is C14H12FN3O. The van der Waals surface area contributed by atoms with Crippen molar-refractivity contribution in [2.45, 2.75) is 6.92 Å². The highest BCUT2D eigenvalue weighted by atomic mass is 19.1. The van der Waals surface area contributed by atoms with Gasteiger partial charge in [0.2, 0.25) is 0 Å². The first-order valence-electron chi connectivity index (χ1n) is 5.62. The Bertz CT molecular complexity index is 650. The first-order chi connectivity index (χ1) is 9.15. The van der Waals surface area contributed by atoms with Gasteiger partial charge in [0.05, 0.1) is 12.7 Å². The second kappa shape index (κ2) is 5.36. The average Bonchev–Trinajstić information content (AvgIpc) is 2.41. The van der Waals surface area contributed by atoms with Crippen molar-refractivity contribution in [1.29, 1.82) is 5.26 Å². The number of nitrogens with one attached hydrogen (secondary N) is 1. The molecule has 1 aromatic carbocycles. The van der Waals surface area contributed by atoms with Gasteiger partial charge in [0.15, 0.2) is 11.6 Å². The largest absolute Gasteiger partial charge is 0.494 e. The van der Waals surface area contributed by atoms with Gasteiger partial charge < -0.3 is 10.1 Å². The summed E-state index contributed by atoms with van der Waals surface area (Å²) in [7, 11) is 1.40. The fourth-order valence-corrected chi connectivity index (χ4v) is 1.67. The van der Waals surface area contributed by atoms with Crippen LogP contribution in [0, 0.1) is 24.1 Å². The molecule has 0 aliphatic carbocycles. The van der Waals surface area contributed by atoms with Crippen LogP contribution in [0.5, 0.6) is 5.75 Å². The summed E-state index contributed by atoms with van der Waals surface area (Å²) in [6, 6.07) is 8.22. The summed E-state index contributed by atoms with van der Waals surface area (Å²) in [6.45, 7) is 1.83. The van der Waals surface area contributed by atoms with Crippen molar-refractivity contribution in [3.8, 4) is 11.8 Å². The van der Waals surface area contributed by atoms with Gasteiger partial charge in [-0.25, -0.2) is 9.37 Å². The Hall–Kier alpha value is -2.61. The molecule has 0 saturated heterocycles. The molecule has 5 heteroatoms. The zero-order chi connectivity index (χ0) is 13.8. The Labute approximate surface area is 110 Å². The first-order valence-corrected chi connectivity index (χ1v) is 5.62. The van der Waals surface area contributed by atoms with Crippen LogP contribution in [0.25, 0.3) is 0 Å². The standard InChI is InChI=1S/C14H12FN3O/c1-9-5-6-17-14(11(9)8-16)18-10-3-4-12(15)13(7-10)19-2/h3-7H,1-2H3,(H,17,18). The van der Waals surface area contributed by atoms with Gasteiger partial charge in [-0.15, -0.1) is 0 Å². The summed E-state index contributed by atoms with van der Waals surface area (Å²) in [5.41, 5.74) is 1.90. The van der Waals surface area contributed by atoms with Gasteiger partial charge in [-0.05, 0) is 30.7 Å². The lowest BCUT2D eigenvalue weighted by Gasteiger charge is -2.10. The highest BCUT2D eigenvalue weighted by molar-refractivity contribution is 5.65. The molecule has 0 aliphatic rings. The molecule has 0 amide bonds. The Morgan fingerprint density at radius 1 is 1.37 bits per heavy atom. The van der Waals surface area contributed by atoms with E-state index >= 15 is 0 Å². The van der Waals surface area contributed by atoms with Crippen LogP contribution in [0.2, 0.25) is 0 Å². The zero-order valence-electron chi connectivity index (χ0n) is 10.6. The van der Waals surface area contributed by atoms with Crippen LogP contribution in [0.3, 0.4) is 0 Å². The zero-order valence-corrected chi connectivity index (χ0v) is 10.6. The molecular weight excluding hydrogens is 245 g/mol. The number of aromatic nitrogens is 1. The van der Waals surface area contributed by atoms with E-state index < -0.39 is 5.82 Å². The van der Waals surface area contributed by atoms with Crippen LogP contribution in [-0.2, 0) is 0 Å². The number of benzene rings is 1. The molecule has 0 unspecified atom stereocenters. The second-order valence-electron chi connectivity index (χ2n) is 3.94. The van der Waals surface area contributed by atoms with Gasteiger partial charge >= 0.3 is 0 Å². The molecule has 0 bridgehead atoms. The summed E-state index contributed by atoms with van der Waals surface area (Å²) in [6.07, 6.45) is 1.61. The van der Waals surface area contributed by atoms with Gasteiger partial charge in [0.1, 0.15) is 11.9 Å². The van der Waals surface area contributed by atoms with Crippen LogP contribution in [-0.4, -0.2) is 12.1 Å². The van der Waals surface area contributed by atoms with E-state index in [1.807, 2.05) is 6.92 Å². The molecule has 4 nitrogen and oxygen atoms in total. The Morgan fingerprint density at radius 2 is 2.16 bits per heavy atom. The number of ether oxygens (including phenoxy) is 1. The van der Waals surface area contributed by atoms with Gasteiger partial charge in [0.25, 0.3) is 0 Å². The Balaban J connectivity index is 2.37. The van der Waals surface area contributed by atoms with Crippen molar-refractivity contribution >= 4 is 11.5 Å². The molecule has 1 N–H and O–H groups in total. The third kappa shape index (κ3) is 2.63. The quantitative estimate of drug-likeness (QED) is 0.917. The maximum atomic E-state index is 13.3. The molecule has 2 aromatic rings. The van der Waals surface area contributed by atoms with E-state index in [0.717, 1.165) is 5.56 Å². The number of hydrogen-bond donors (Lipinski definition) is 1. The number of nitriles is 1. The number of methoxy groups -OCH3 is 1. The van der Waals surface area contributed by atoms with E-state index in [1.54, 1.807) is 18.3 Å². The molecule has 0 aliphatic heterocycles. The molecule has 96 valence electrons. The molecule has 19 heavy (non-hydrogen) atoms. The van der Waals surface area contributed by atoms with Gasteiger partial charge in [0, 0.05) is 18.0 Å². The number of nitrogens with zero attached hydrogens (tertiary/aromatic N) is 2. The van der Waals surface area contributed by atoms with Crippen molar-refractivity contribution in [3.05, 3.63) is 47.4 Å². The van der Waals surface area contributed by atoms with Crippen molar-refractivity contribution in [1.82, 2.24) is 4.98 Å². The van der Waals surface area contributed by atoms with Crippen molar-refractivity contribution in [2.24, 2.45) is 0 Å². The number of pyridine rings is 1. The van der Waals surface area contributed by atoms with Gasteiger partial charge in [-0.1, -0.05) is 0 Å². The minimum absolute atomic E-state index is 0.135. The van der Waals surface area contributed by atoms with Crippen molar-refractivity contribution in [2.75, 3.05) is 12.4 Å². The van der Waals surface area contributed by atoms with E-state index in [1.165, 1.54) is 19.2 Å². The number of rotatable bonds is 3. The summed E-state index contributed by atoms with van der Waals surface area (Å²) in [4.78, 5) is 4.12. The third-order valence-corrected chi connectivity index (χ3v) is 2.68. The molecule has 0 saturated carbocycles. The maximum absolute atomic E-state index is 13.3. The number of halogens is 1. The molecule has 1 heterocycles. The molecule has 0 atom stereocenters. The van der Waals surface area contributed by atoms with Crippen LogP contribution in [0.15, 0.2) is 30.5 Å². The maximum Gasteiger partial charge on any atom is 0.165 e. The number of anilines is 2. The van der Waals surface area contributed by atoms with E-state index in [-0.39, 0.29) is 5.75 Å². The highest BCUT2D eigenvalue weighted by Gasteiger charge is 2.08. The number of hydrogen-bond acceptors (Lipinski definition) is 4. The SMILES string of the molecule is COc1cc(Nc2nccc(C)c2C#N)ccc1F. The fraction of sp³-hybridized carbons (Fsp3) is 0.143. The Morgan fingerprint density at radius 3 is 2.84 bits per heavy atom. The van der Waals surface area contributed by atoms with E-state index in [4.69, 9.17) is 10.00 Å². The Kier molecular flexibility index (Phi) is 3.62. The van der Waals surface area contributed by atoms with E-state index in [0.29, 0.717) is 17.1 Å². The van der Waals surface area contributed by atoms with Crippen LogP contribution in [0.1, 0.15) is 11.1 Å². The fourth-order valence-electron chi connectivity index (χ4n) is 1.67. The van der Waals surface area contributed by atoms with Crippen molar-refractivity contribution in [3.63, 3.8) is 0 Å². The molecule has 0 spiro atoms. The highest BCUT2D eigenvalue weighted by Crippen LogP contribution is 2.25. The third-order valence-electron chi connectivity index (χ3n) is 2.68. The average molecular weight is 257 g/mol. The molecule has 2 rings (SSSR count). The molecule has 0 fully saturated rings. The number of aryl methyl sites for hydroxylation is 1. The molecule has 1 aromatic heterocycles. The van der Waals surface area contributed by atoms with E-state index in [2.05, 4.69) is 16.4 Å². The predicted molar refractivity (Wildman–Crippen MR) is 69.9 cm³/mol. The monoisotopic (exact) mass is 257 g/mol. The van der Waals surface area contributed by atoms with Gasteiger partial charge in [-0.3, -0.25) is 0 Å². The van der Waals surface area contributed by atoms with Crippen LogP contribution in [0.4, 0.5) is 15.9 Å². The lowest BCUT2D eigenvalue weighted by atomic mass is 10.1. The minimum atomic E-state index is -0.439. The first kappa shape index (κ1) is 12.8. The van der Waals surface area contributed by atoms with Gasteiger partial charge in [-0.2, -0.15) is 5.26 Å². The lowest BCUT2D eigenvalue weighted by Crippen LogP contribution is -1.99. The minimum Gasteiger partial charge on any atom is -0.494 e.